The van der Waals surface area contributed by atoms with Gasteiger partial charge in [-0.05, 0) is 31.0 Å². The third-order valence-electron chi connectivity index (χ3n) is 3.52. The molecule has 0 aliphatic rings. The number of nitrogens with one attached hydrogen (secondary N) is 2. The normalized spacial score (nSPS) is 11.6. The van der Waals surface area contributed by atoms with E-state index < -0.39 is 0 Å². The Balaban J connectivity index is 1.90. The van der Waals surface area contributed by atoms with E-state index in [0.717, 1.165) is 17.2 Å². The molecule has 0 bridgehead atoms. The highest BCUT2D eigenvalue weighted by atomic mass is 19.1. The van der Waals surface area contributed by atoms with Gasteiger partial charge < -0.3 is 15.2 Å². The second-order valence-electron chi connectivity index (χ2n) is 5.09. The first-order chi connectivity index (χ1) is 10.5. The largest absolute Gasteiger partial charge is 0.352 e. The molecular formula is C15H21FN6. The fourth-order valence-corrected chi connectivity index (χ4v) is 1.92. The standard InChI is InChI=1S/C15H21FN6/c1-10-5-6-12(7-13(10)16)8-18-15(17-3)19-9-14-21-20-11(2)22(14)4/h5-7H,8-9H2,1-4H3,(H2,17,18,19). The lowest BCUT2D eigenvalue weighted by molar-refractivity contribution is 0.615. The number of guanidine groups is 1. The van der Waals surface area contributed by atoms with Gasteiger partial charge in [0.1, 0.15) is 11.6 Å². The Morgan fingerprint density at radius 2 is 1.95 bits per heavy atom. The summed E-state index contributed by atoms with van der Waals surface area (Å²) in [4.78, 5) is 4.14. The lowest BCUT2D eigenvalue weighted by Gasteiger charge is -2.12. The molecule has 2 N–H and O–H groups in total. The minimum Gasteiger partial charge on any atom is -0.352 e. The number of aryl methyl sites for hydroxylation is 2. The Bertz CT molecular complexity index is 677. The highest BCUT2D eigenvalue weighted by Gasteiger charge is 2.06. The molecule has 1 heterocycles. The molecule has 118 valence electrons. The summed E-state index contributed by atoms with van der Waals surface area (Å²) in [7, 11) is 3.60. The molecule has 0 aliphatic heterocycles. The Labute approximate surface area is 129 Å². The molecular weight excluding hydrogens is 283 g/mol. The van der Waals surface area contributed by atoms with Gasteiger partial charge in [-0.2, -0.15) is 0 Å². The number of benzene rings is 1. The zero-order chi connectivity index (χ0) is 16.1. The van der Waals surface area contributed by atoms with Gasteiger partial charge in [0.25, 0.3) is 0 Å². The quantitative estimate of drug-likeness (QED) is 0.662. The van der Waals surface area contributed by atoms with Crippen LogP contribution in [0.5, 0.6) is 0 Å². The Morgan fingerprint density at radius 1 is 1.23 bits per heavy atom. The number of hydrogen-bond donors (Lipinski definition) is 2. The van der Waals surface area contributed by atoms with E-state index in [-0.39, 0.29) is 5.82 Å². The van der Waals surface area contributed by atoms with Gasteiger partial charge in [-0.3, -0.25) is 4.99 Å². The van der Waals surface area contributed by atoms with Crippen LogP contribution in [-0.2, 0) is 20.1 Å². The average molecular weight is 304 g/mol. The predicted molar refractivity (Wildman–Crippen MR) is 83.9 cm³/mol. The molecule has 0 amide bonds. The highest BCUT2D eigenvalue weighted by molar-refractivity contribution is 5.79. The number of nitrogens with zero attached hydrogens (tertiary/aromatic N) is 4. The third-order valence-corrected chi connectivity index (χ3v) is 3.52. The van der Waals surface area contributed by atoms with Gasteiger partial charge in [0.15, 0.2) is 11.8 Å². The van der Waals surface area contributed by atoms with E-state index in [1.165, 1.54) is 6.07 Å². The number of aromatic nitrogens is 3. The van der Waals surface area contributed by atoms with Crippen LogP contribution in [0.3, 0.4) is 0 Å². The van der Waals surface area contributed by atoms with Crippen LogP contribution >= 0.6 is 0 Å². The van der Waals surface area contributed by atoms with E-state index in [4.69, 9.17) is 0 Å². The summed E-state index contributed by atoms with van der Waals surface area (Å²) in [6.07, 6.45) is 0. The number of hydrogen-bond acceptors (Lipinski definition) is 3. The van der Waals surface area contributed by atoms with Crippen molar-refractivity contribution in [2.24, 2.45) is 12.0 Å². The van der Waals surface area contributed by atoms with Crippen LogP contribution in [0.1, 0.15) is 22.8 Å². The molecule has 0 spiro atoms. The van der Waals surface area contributed by atoms with Crippen molar-refractivity contribution >= 4 is 5.96 Å². The summed E-state index contributed by atoms with van der Waals surface area (Å²) in [6.45, 7) is 4.65. The lowest BCUT2D eigenvalue weighted by Crippen LogP contribution is -2.37. The van der Waals surface area contributed by atoms with E-state index in [9.17, 15) is 4.39 Å². The van der Waals surface area contributed by atoms with Crippen molar-refractivity contribution in [1.29, 1.82) is 0 Å². The van der Waals surface area contributed by atoms with Crippen LogP contribution < -0.4 is 10.6 Å². The van der Waals surface area contributed by atoms with Crippen LogP contribution in [0.2, 0.25) is 0 Å². The molecule has 22 heavy (non-hydrogen) atoms. The first-order valence-corrected chi connectivity index (χ1v) is 7.05. The predicted octanol–water partition coefficient (Wildman–Crippen LogP) is 1.44. The Hall–Kier alpha value is -2.44. The number of aliphatic imine (C=N–C) groups is 1. The van der Waals surface area contributed by atoms with Gasteiger partial charge in [0.2, 0.25) is 0 Å². The minimum atomic E-state index is -0.197. The molecule has 1 aromatic carbocycles. The van der Waals surface area contributed by atoms with Crippen LogP contribution in [0.25, 0.3) is 0 Å². The topological polar surface area (TPSA) is 67.1 Å². The van der Waals surface area contributed by atoms with E-state index in [1.807, 2.05) is 24.6 Å². The summed E-state index contributed by atoms with van der Waals surface area (Å²) in [6, 6.07) is 5.19. The van der Waals surface area contributed by atoms with Crippen molar-refractivity contribution in [2.45, 2.75) is 26.9 Å². The van der Waals surface area contributed by atoms with E-state index in [2.05, 4.69) is 25.8 Å². The molecule has 2 rings (SSSR count). The molecule has 7 heteroatoms. The van der Waals surface area contributed by atoms with Crippen molar-refractivity contribution in [3.63, 3.8) is 0 Å². The first kappa shape index (κ1) is 15.9. The summed E-state index contributed by atoms with van der Waals surface area (Å²) in [5, 5.41) is 14.4. The number of rotatable bonds is 4. The molecule has 2 aromatic rings. The fraction of sp³-hybridized carbons (Fsp3) is 0.400. The smallest absolute Gasteiger partial charge is 0.191 e. The van der Waals surface area contributed by atoms with Crippen LogP contribution in [0.15, 0.2) is 23.2 Å². The molecule has 0 unspecified atom stereocenters. The summed E-state index contributed by atoms with van der Waals surface area (Å²) in [5.41, 5.74) is 1.50. The SMILES string of the molecule is CN=C(NCc1ccc(C)c(F)c1)NCc1nnc(C)n1C. The maximum atomic E-state index is 13.5. The molecule has 0 fully saturated rings. The van der Waals surface area contributed by atoms with E-state index in [1.54, 1.807) is 20.0 Å². The van der Waals surface area contributed by atoms with E-state index >= 15 is 0 Å². The second-order valence-corrected chi connectivity index (χ2v) is 5.09. The summed E-state index contributed by atoms with van der Waals surface area (Å²) in [5.74, 6) is 2.11. The van der Waals surface area contributed by atoms with Crippen molar-refractivity contribution in [3.8, 4) is 0 Å². The monoisotopic (exact) mass is 304 g/mol. The lowest BCUT2D eigenvalue weighted by atomic mass is 10.1. The minimum absolute atomic E-state index is 0.197. The Kier molecular flexibility index (Phi) is 5.08. The second kappa shape index (κ2) is 7.02. The number of halogens is 1. The molecule has 0 saturated heterocycles. The van der Waals surface area contributed by atoms with Gasteiger partial charge in [-0.15, -0.1) is 10.2 Å². The molecule has 0 aliphatic carbocycles. The molecule has 0 radical (unpaired) electrons. The van der Waals surface area contributed by atoms with Crippen LogP contribution in [0.4, 0.5) is 4.39 Å². The maximum absolute atomic E-state index is 13.5. The molecule has 6 nitrogen and oxygen atoms in total. The molecule has 0 atom stereocenters. The summed E-state index contributed by atoms with van der Waals surface area (Å²) >= 11 is 0. The van der Waals surface area contributed by atoms with Gasteiger partial charge >= 0.3 is 0 Å². The van der Waals surface area contributed by atoms with Gasteiger partial charge in [-0.25, -0.2) is 4.39 Å². The van der Waals surface area contributed by atoms with Crippen molar-refractivity contribution in [1.82, 2.24) is 25.4 Å². The highest BCUT2D eigenvalue weighted by Crippen LogP contribution is 2.08. The fourth-order valence-electron chi connectivity index (χ4n) is 1.92. The van der Waals surface area contributed by atoms with Gasteiger partial charge in [-0.1, -0.05) is 12.1 Å². The van der Waals surface area contributed by atoms with Crippen molar-refractivity contribution < 1.29 is 4.39 Å². The van der Waals surface area contributed by atoms with Crippen LogP contribution in [0, 0.1) is 19.7 Å². The Morgan fingerprint density at radius 3 is 2.55 bits per heavy atom. The molecule has 0 saturated carbocycles. The average Bonchev–Trinajstić information content (AvgIpc) is 2.82. The zero-order valence-corrected chi connectivity index (χ0v) is 13.3. The zero-order valence-electron chi connectivity index (χ0n) is 13.3. The maximum Gasteiger partial charge on any atom is 0.191 e. The third kappa shape index (κ3) is 3.81. The van der Waals surface area contributed by atoms with Crippen molar-refractivity contribution in [3.05, 3.63) is 46.8 Å². The first-order valence-electron chi connectivity index (χ1n) is 7.05. The molecule has 1 aromatic heterocycles. The van der Waals surface area contributed by atoms with Crippen molar-refractivity contribution in [2.75, 3.05) is 7.05 Å². The van der Waals surface area contributed by atoms with E-state index in [0.29, 0.717) is 24.6 Å². The van der Waals surface area contributed by atoms with Crippen LogP contribution in [-0.4, -0.2) is 27.8 Å². The van der Waals surface area contributed by atoms with Gasteiger partial charge in [0, 0.05) is 20.6 Å². The van der Waals surface area contributed by atoms with Gasteiger partial charge in [0.05, 0.1) is 6.54 Å². The summed E-state index contributed by atoms with van der Waals surface area (Å²) < 4.78 is 15.4.